The van der Waals surface area contributed by atoms with E-state index < -0.39 is 0 Å². The van der Waals surface area contributed by atoms with Gasteiger partial charge in [0.2, 0.25) is 0 Å². The van der Waals surface area contributed by atoms with Crippen LogP contribution in [0, 0.1) is 40.9 Å². The van der Waals surface area contributed by atoms with Crippen LogP contribution < -0.4 is 0 Å². The highest BCUT2D eigenvalue weighted by atomic mass is 14.6. The van der Waals surface area contributed by atoms with Crippen molar-refractivity contribution in [3.05, 3.63) is 36.5 Å². The summed E-state index contributed by atoms with van der Waals surface area (Å²) >= 11 is 0. The van der Waals surface area contributed by atoms with Gasteiger partial charge in [0.25, 0.3) is 0 Å². The molecule has 0 amide bonds. The molecule has 4 rings (SSSR count). The molecule has 0 nitrogen and oxygen atoms in total. The fourth-order valence-corrected chi connectivity index (χ4v) is 7.18. The summed E-state index contributed by atoms with van der Waals surface area (Å²) in [4.78, 5) is 0. The summed E-state index contributed by atoms with van der Waals surface area (Å²) in [6.07, 6.45) is 15.8. The van der Waals surface area contributed by atoms with E-state index in [1.165, 1.54) is 51.4 Å². The number of fused-ring (bicyclic) bond motifs is 5. The Morgan fingerprint density at radius 3 is 2.74 bits per heavy atom. The predicted molar refractivity (Wildman–Crippen MR) is 99.1 cm³/mol. The normalized spacial score (nSPS) is 51.0. The zero-order chi connectivity index (χ0) is 16.2. The van der Waals surface area contributed by atoms with E-state index in [4.69, 9.17) is 0 Å². The smallest absolute Gasteiger partial charge is 0.00848 e. The summed E-state index contributed by atoms with van der Waals surface area (Å²) in [5.41, 5.74) is 3.74. The first-order valence-corrected chi connectivity index (χ1v) is 10.0. The SMILES string of the molecule is C=CC=C1CC2CC(C)CCC2C2CCC3(C)C(=C)CCC3C12. The molecule has 0 heterocycles. The molecule has 0 aromatic carbocycles. The minimum atomic E-state index is 0.427. The van der Waals surface area contributed by atoms with Crippen molar-refractivity contribution in [3.8, 4) is 0 Å². The Kier molecular flexibility index (Phi) is 3.86. The molecule has 0 heteroatoms. The number of hydrogen-bond acceptors (Lipinski definition) is 0. The van der Waals surface area contributed by atoms with Crippen LogP contribution in [0.15, 0.2) is 36.5 Å². The Bertz CT molecular complexity index is 538. The second kappa shape index (κ2) is 5.64. The van der Waals surface area contributed by atoms with Crippen LogP contribution in [0.5, 0.6) is 0 Å². The van der Waals surface area contributed by atoms with Gasteiger partial charge in [0, 0.05) is 0 Å². The monoisotopic (exact) mass is 310 g/mol. The van der Waals surface area contributed by atoms with Gasteiger partial charge in [0.15, 0.2) is 0 Å². The van der Waals surface area contributed by atoms with Crippen molar-refractivity contribution in [1.82, 2.24) is 0 Å². The molecule has 7 atom stereocenters. The second-order valence-corrected chi connectivity index (χ2v) is 9.42. The van der Waals surface area contributed by atoms with Crippen molar-refractivity contribution in [2.24, 2.45) is 40.9 Å². The van der Waals surface area contributed by atoms with Gasteiger partial charge in [-0.1, -0.05) is 56.7 Å². The lowest BCUT2D eigenvalue weighted by Gasteiger charge is -2.56. The van der Waals surface area contributed by atoms with Crippen LogP contribution >= 0.6 is 0 Å². The van der Waals surface area contributed by atoms with Gasteiger partial charge in [-0.2, -0.15) is 0 Å². The minimum absolute atomic E-state index is 0.427. The van der Waals surface area contributed by atoms with Gasteiger partial charge in [-0.25, -0.2) is 0 Å². The molecule has 0 saturated heterocycles. The lowest BCUT2D eigenvalue weighted by Crippen LogP contribution is -2.48. The van der Waals surface area contributed by atoms with Crippen molar-refractivity contribution in [3.63, 3.8) is 0 Å². The lowest BCUT2D eigenvalue weighted by molar-refractivity contribution is -0.0164. The molecule has 0 aliphatic heterocycles. The summed E-state index contributed by atoms with van der Waals surface area (Å²) in [7, 11) is 0. The first-order valence-electron chi connectivity index (χ1n) is 10.0. The van der Waals surface area contributed by atoms with Gasteiger partial charge in [-0.3, -0.25) is 0 Å². The van der Waals surface area contributed by atoms with Crippen LogP contribution in [0.25, 0.3) is 0 Å². The van der Waals surface area contributed by atoms with Crippen LogP contribution in [0.2, 0.25) is 0 Å². The average molecular weight is 311 g/mol. The third-order valence-corrected chi connectivity index (χ3v) is 8.39. The number of allylic oxidation sites excluding steroid dienone is 4. The molecule has 0 aromatic rings. The zero-order valence-electron chi connectivity index (χ0n) is 15.2. The molecule has 4 fully saturated rings. The van der Waals surface area contributed by atoms with Crippen molar-refractivity contribution in [1.29, 1.82) is 0 Å². The Labute approximate surface area is 143 Å². The van der Waals surface area contributed by atoms with Gasteiger partial charge in [0.05, 0.1) is 0 Å². The fourth-order valence-electron chi connectivity index (χ4n) is 7.18. The van der Waals surface area contributed by atoms with Crippen LogP contribution in [-0.4, -0.2) is 0 Å². The summed E-state index contributed by atoms with van der Waals surface area (Å²) < 4.78 is 0. The highest BCUT2D eigenvalue weighted by molar-refractivity contribution is 5.28. The fraction of sp³-hybridized carbons (Fsp3) is 0.739. The first-order chi connectivity index (χ1) is 11.0. The van der Waals surface area contributed by atoms with Crippen molar-refractivity contribution < 1.29 is 0 Å². The van der Waals surface area contributed by atoms with Crippen molar-refractivity contribution in [2.45, 2.75) is 65.2 Å². The van der Waals surface area contributed by atoms with E-state index in [9.17, 15) is 0 Å². The largest absolute Gasteiger partial charge is 0.0993 e. The van der Waals surface area contributed by atoms with Gasteiger partial charge in [0.1, 0.15) is 0 Å². The maximum absolute atomic E-state index is 4.47. The molecule has 0 bridgehead atoms. The lowest BCUT2D eigenvalue weighted by atomic mass is 9.48. The van der Waals surface area contributed by atoms with Gasteiger partial charge < -0.3 is 0 Å². The second-order valence-electron chi connectivity index (χ2n) is 9.42. The van der Waals surface area contributed by atoms with E-state index in [1.54, 1.807) is 11.1 Å². The van der Waals surface area contributed by atoms with Crippen LogP contribution in [0.3, 0.4) is 0 Å². The number of hydrogen-bond donors (Lipinski definition) is 0. The zero-order valence-corrected chi connectivity index (χ0v) is 15.2. The molecule has 7 unspecified atom stereocenters. The molecule has 0 aromatic heterocycles. The molecule has 4 saturated carbocycles. The Morgan fingerprint density at radius 2 is 1.96 bits per heavy atom. The molecule has 4 aliphatic rings. The third-order valence-electron chi connectivity index (χ3n) is 8.39. The van der Waals surface area contributed by atoms with E-state index in [0.717, 1.165) is 35.5 Å². The quantitative estimate of drug-likeness (QED) is 0.481. The molecule has 4 aliphatic carbocycles. The third kappa shape index (κ3) is 2.31. The summed E-state index contributed by atoms with van der Waals surface area (Å²) in [6.45, 7) is 13.5. The van der Waals surface area contributed by atoms with Crippen molar-refractivity contribution in [2.75, 3.05) is 0 Å². The maximum Gasteiger partial charge on any atom is -0.00848 e. The Morgan fingerprint density at radius 1 is 1.13 bits per heavy atom. The highest BCUT2D eigenvalue weighted by Gasteiger charge is 2.55. The summed E-state index contributed by atoms with van der Waals surface area (Å²) in [5, 5.41) is 0. The predicted octanol–water partition coefficient (Wildman–Crippen LogP) is 6.55. The first kappa shape index (κ1) is 15.7. The van der Waals surface area contributed by atoms with Gasteiger partial charge in [-0.15, -0.1) is 0 Å². The van der Waals surface area contributed by atoms with E-state index >= 15 is 0 Å². The van der Waals surface area contributed by atoms with E-state index in [0.29, 0.717) is 5.41 Å². The molecule has 23 heavy (non-hydrogen) atoms. The molecule has 126 valence electrons. The standard InChI is InChI=1S/C23H34/c1-5-6-17-14-18-13-15(2)7-9-19(18)20-11-12-23(4)16(3)8-10-21(23)22(17)20/h5-6,15,18-22H,1,3,7-14H2,2,4H3. The van der Waals surface area contributed by atoms with Gasteiger partial charge >= 0.3 is 0 Å². The van der Waals surface area contributed by atoms with E-state index in [2.05, 4.69) is 39.2 Å². The molecular weight excluding hydrogens is 276 g/mol. The topological polar surface area (TPSA) is 0 Å². The molecule has 0 spiro atoms. The Balaban J connectivity index is 1.70. The number of rotatable bonds is 1. The Hall–Kier alpha value is -0.780. The summed E-state index contributed by atoms with van der Waals surface area (Å²) in [6, 6.07) is 0. The van der Waals surface area contributed by atoms with Crippen LogP contribution in [0.4, 0.5) is 0 Å². The van der Waals surface area contributed by atoms with Gasteiger partial charge in [-0.05, 0) is 85.9 Å². The van der Waals surface area contributed by atoms with E-state index in [-0.39, 0.29) is 0 Å². The van der Waals surface area contributed by atoms with Crippen molar-refractivity contribution >= 4 is 0 Å². The highest BCUT2D eigenvalue weighted by Crippen LogP contribution is 2.65. The molecular formula is C23H34. The maximum atomic E-state index is 4.47. The minimum Gasteiger partial charge on any atom is -0.0993 e. The van der Waals surface area contributed by atoms with E-state index in [1.807, 2.05) is 0 Å². The molecule has 0 N–H and O–H groups in total. The van der Waals surface area contributed by atoms with Crippen LogP contribution in [0.1, 0.15) is 65.2 Å². The summed E-state index contributed by atoms with van der Waals surface area (Å²) in [5.74, 6) is 5.56. The molecule has 0 radical (unpaired) electrons. The average Bonchev–Trinajstić information content (AvgIpc) is 2.83. The van der Waals surface area contributed by atoms with Crippen LogP contribution in [-0.2, 0) is 0 Å².